The highest BCUT2D eigenvalue weighted by atomic mass is 16.2. The van der Waals surface area contributed by atoms with Crippen LogP contribution in [0.15, 0.2) is 36.4 Å². The maximum Gasteiger partial charge on any atom is 0.274 e. The van der Waals surface area contributed by atoms with Gasteiger partial charge in [0.1, 0.15) is 11.4 Å². The Bertz CT molecular complexity index is 739. The number of nitrogens with zero attached hydrogens (tertiary/aromatic N) is 1. The molecule has 0 bridgehead atoms. The van der Waals surface area contributed by atoms with E-state index in [0.29, 0.717) is 0 Å². The number of hydrogen-bond donors (Lipinski definition) is 2. The summed E-state index contributed by atoms with van der Waals surface area (Å²) in [4.78, 5) is 28.5. The van der Waals surface area contributed by atoms with Crippen molar-refractivity contribution >= 4 is 17.5 Å². The van der Waals surface area contributed by atoms with E-state index in [0.717, 1.165) is 16.8 Å². The maximum absolute atomic E-state index is 12.4. The summed E-state index contributed by atoms with van der Waals surface area (Å²) in [7, 11) is 0. The third-order valence-electron chi connectivity index (χ3n) is 3.49. The zero-order chi connectivity index (χ0) is 17.0. The Morgan fingerprint density at radius 2 is 1.57 bits per heavy atom. The fraction of sp³-hybridized carbons (Fsp3) is 0.278. The van der Waals surface area contributed by atoms with E-state index >= 15 is 0 Å². The van der Waals surface area contributed by atoms with Gasteiger partial charge in [0.05, 0.1) is 0 Å². The van der Waals surface area contributed by atoms with E-state index in [1.54, 1.807) is 18.2 Å². The average Bonchev–Trinajstić information content (AvgIpc) is 2.51. The molecule has 0 aliphatic rings. The molecule has 0 unspecified atom stereocenters. The summed E-state index contributed by atoms with van der Waals surface area (Å²) < 4.78 is 0. The van der Waals surface area contributed by atoms with Crippen LogP contribution in [0.25, 0.3) is 0 Å². The van der Waals surface area contributed by atoms with Crippen LogP contribution in [0, 0.1) is 13.8 Å². The summed E-state index contributed by atoms with van der Waals surface area (Å²) in [5, 5.41) is 5.60. The van der Waals surface area contributed by atoms with Crippen molar-refractivity contribution in [1.82, 2.24) is 10.3 Å². The fourth-order valence-electron chi connectivity index (χ4n) is 2.10. The van der Waals surface area contributed by atoms with Crippen molar-refractivity contribution in [2.24, 2.45) is 0 Å². The molecule has 0 fully saturated rings. The first-order valence-corrected chi connectivity index (χ1v) is 7.54. The Morgan fingerprint density at radius 3 is 2.22 bits per heavy atom. The molecule has 0 aliphatic heterocycles. The number of aryl methyl sites for hydroxylation is 1. The quantitative estimate of drug-likeness (QED) is 0.911. The molecule has 1 aromatic carbocycles. The molecule has 2 amide bonds. The number of carbonyl (C=O) groups is 2. The number of amides is 2. The van der Waals surface area contributed by atoms with Crippen molar-refractivity contribution in [1.29, 1.82) is 0 Å². The number of benzene rings is 1. The van der Waals surface area contributed by atoms with Gasteiger partial charge in [0.15, 0.2) is 0 Å². The van der Waals surface area contributed by atoms with Crippen LogP contribution in [-0.2, 0) is 0 Å². The maximum atomic E-state index is 12.4. The Labute approximate surface area is 136 Å². The Morgan fingerprint density at radius 1 is 0.957 bits per heavy atom. The lowest BCUT2D eigenvalue weighted by Crippen LogP contribution is -2.31. The molecule has 0 aliphatic carbocycles. The molecule has 23 heavy (non-hydrogen) atoms. The van der Waals surface area contributed by atoms with Crippen LogP contribution < -0.4 is 10.6 Å². The summed E-state index contributed by atoms with van der Waals surface area (Å²) in [5.74, 6) is -0.626. The van der Waals surface area contributed by atoms with Gasteiger partial charge in [0.25, 0.3) is 11.8 Å². The standard InChI is InChI=1S/C18H21N3O2/c1-11(2)19-17(22)15-9-6-10-16(20-15)18(23)21-14-8-5-7-12(3)13(14)4/h5-11H,1-4H3,(H,19,22)(H,21,23). The van der Waals surface area contributed by atoms with Crippen molar-refractivity contribution < 1.29 is 9.59 Å². The van der Waals surface area contributed by atoms with Gasteiger partial charge in [0, 0.05) is 11.7 Å². The van der Waals surface area contributed by atoms with Crippen LogP contribution in [0.2, 0.25) is 0 Å². The van der Waals surface area contributed by atoms with E-state index in [4.69, 9.17) is 0 Å². The second kappa shape index (κ2) is 7.05. The first-order chi connectivity index (χ1) is 10.9. The Hall–Kier alpha value is -2.69. The third-order valence-corrected chi connectivity index (χ3v) is 3.49. The van der Waals surface area contributed by atoms with Gasteiger partial charge in [0.2, 0.25) is 0 Å². The lowest BCUT2D eigenvalue weighted by atomic mass is 10.1. The van der Waals surface area contributed by atoms with Gasteiger partial charge in [-0.25, -0.2) is 4.98 Å². The van der Waals surface area contributed by atoms with E-state index in [1.807, 2.05) is 45.9 Å². The largest absolute Gasteiger partial charge is 0.349 e. The molecule has 2 aromatic rings. The summed E-state index contributed by atoms with van der Waals surface area (Å²) >= 11 is 0. The number of hydrogen-bond acceptors (Lipinski definition) is 3. The molecular weight excluding hydrogens is 290 g/mol. The van der Waals surface area contributed by atoms with Crippen LogP contribution in [0.5, 0.6) is 0 Å². The number of rotatable bonds is 4. The van der Waals surface area contributed by atoms with Crippen LogP contribution in [0.1, 0.15) is 46.0 Å². The SMILES string of the molecule is Cc1cccc(NC(=O)c2cccc(C(=O)NC(C)C)n2)c1C. The molecule has 0 atom stereocenters. The predicted octanol–water partition coefficient (Wildman–Crippen LogP) is 3.09. The summed E-state index contributed by atoms with van der Waals surface area (Å²) in [6, 6.07) is 10.6. The minimum atomic E-state index is -0.335. The number of pyridine rings is 1. The van der Waals surface area contributed by atoms with Gasteiger partial charge in [-0.15, -0.1) is 0 Å². The van der Waals surface area contributed by atoms with Crippen LogP contribution in [-0.4, -0.2) is 22.8 Å². The Kier molecular flexibility index (Phi) is 5.11. The van der Waals surface area contributed by atoms with Gasteiger partial charge < -0.3 is 10.6 Å². The molecule has 1 aromatic heterocycles. The summed E-state index contributed by atoms with van der Waals surface area (Å²) in [6.07, 6.45) is 0. The first kappa shape index (κ1) is 16.7. The number of nitrogens with one attached hydrogen (secondary N) is 2. The number of aromatic nitrogens is 1. The lowest BCUT2D eigenvalue weighted by molar-refractivity contribution is 0.0938. The normalized spacial score (nSPS) is 10.5. The highest BCUT2D eigenvalue weighted by Crippen LogP contribution is 2.18. The molecule has 2 N–H and O–H groups in total. The van der Waals surface area contributed by atoms with E-state index < -0.39 is 0 Å². The highest BCUT2D eigenvalue weighted by Gasteiger charge is 2.14. The predicted molar refractivity (Wildman–Crippen MR) is 90.7 cm³/mol. The minimum Gasteiger partial charge on any atom is -0.349 e. The van der Waals surface area contributed by atoms with Crippen LogP contribution in [0.4, 0.5) is 5.69 Å². The number of carbonyl (C=O) groups excluding carboxylic acids is 2. The average molecular weight is 311 g/mol. The first-order valence-electron chi connectivity index (χ1n) is 7.54. The zero-order valence-corrected chi connectivity index (χ0v) is 13.8. The van der Waals surface area contributed by atoms with Crippen molar-refractivity contribution in [3.63, 3.8) is 0 Å². The van der Waals surface area contributed by atoms with Crippen LogP contribution >= 0.6 is 0 Å². The zero-order valence-electron chi connectivity index (χ0n) is 13.8. The summed E-state index contributed by atoms with van der Waals surface area (Å²) in [6.45, 7) is 7.68. The van der Waals surface area contributed by atoms with E-state index in [2.05, 4.69) is 15.6 Å². The van der Waals surface area contributed by atoms with Crippen molar-refractivity contribution in [2.75, 3.05) is 5.32 Å². The van der Waals surface area contributed by atoms with Gasteiger partial charge in [-0.1, -0.05) is 18.2 Å². The van der Waals surface area contributed by atoms with Gasteiger partial charge >= 0.3 is 0 Å². The lowest BCUT2D eigenvalue weighted by Gasteiger charge is -2.11. The van der Waals surface area contributed by atoms with Crippen molar-refractivity contribution in [2.45, 2.75) is 33.7 Å². The molecule has 0 radical (unpaired) electrons. The second-order valence-electron chi connectivity index (χ2n) is 5.74. The molecule has 5 nitrogen and oxygen atoms in total. The third kappa shape index (κ3) is 4.16. The van der Waals surface area contributed by atoms with Gasteiger partial charge in [-0.3, -0.25) is 9.59 Å². The smallest absolute Gasteiger partial charge is 0.274 e. The molecular formula is C18H21N3O2. The van der Waals surface area contributed by atoms with Gasteiger partial charge in [-0.2, -0.15) is 0 Å². The minimum absolute atomic E-state index is 0.0109. The number of anilines is 1. The van der Waals surface area contributed by atoms with Gasteiger partial charge in [-0.05, 0) is 57.0 Å². The molecule has 2 rings (SSSR count). The van der Waals surface area contributed by atoms with Crippen LogP contribution in [0.3, 0.4) is 0 Å². The fourth-order valence-corrected chi connectivity index (χ4v) is 2.10. The molecule has 0 spiro atoms. The topological polar surface area (TPSA) is 71.1 Å². The molecule has 5 heteroatoms. The molecule has 120 valence electrons. The monoisotopic (exact) mass is 311 g/mol. The molecule has 1 heterocycles. The van der Waals surface area contributed by atoms with Crippen molar-refractivity contribution in [3.05, 3.63) is 58.9 Å². The highest BCUT2D eigenvalue weighted by molar-refractivity contribution is 6.04. The van der Waals surface area contributed by atoms with E-state index in [-0.39, 0.29) is 29.2 Å². The molecule has 0 saturated heterocycles. The summed E-state index contributed by atoms with van der Waals surface area (Å²) in [5.41, 5.74) is 3.29. The van der Waals surface area contributed by atoms with E-state index in [1.165, 1.54) is 0 Å². The Balaban J connectivity index is 2.20. The molecule has 0 saturated carbocycles. The van der Waals surface area contributed by atoms with E-state index in [9.17, 15) is 9.59 Å². The second-order valence-corrected chi connectivity index (χ2v) is 5.74. The van der Waals surface area contributed by atoms with Crippen molar-refractivity contribution in [3.8, 4) is 0 Å².